The summed E-state index contributed by atoms with van der Waals surface area (Å²) in [6, 6.07) is 7.15. The molecular formula is C58H83N15O11. The van der Waals surface area contributed by atoms with Crippen LogP contribution in [0.5, 0.6) is 0 Å². The van der Waals surface area contributed by atoms with Gasteiger partial charge in [0.25, 0.3) is 5.97 Å². The second-order valence-electron chi connectivity index (χ2n) is 22.4. The van der Waals surface area contributed by atoms with Gasteiger partial charge in [-0.2, -0.15) is 0 Å². The topological polar surface area (TPSA) is 411 Å². The highest BCUT2D eigenvalue weighted by Crippen LogP contribution is 2.27. The Morgan fingerprint density at radius 2 is 1.32 bits per heavy atom. The number of aliphatic carboxylic acids is 1. The van der Waals surface area contributed by atoms with Crippen molar-refractivity contribution in [2.75, 3.05) is 13.1 Å². The van der Waals surface area contributed by atoms with Crippen LogP contribution in [0.3, 0.4) is 0 Å². The van der Waals surface area contributed by atoms with E-state index in [0.717, 1.165) is 40.0 Å². The summed E-state index contributed by atoms with van der Waals surface area (Å²) in [7, 11) is 0. The van der Waals surface area contributed by atoms with Crippen molar-refractivity contribution in [1.29, 1.82) is 0 Å². The van der Waals surface area contributed by atoms with Gasteiger partial charge in [-0.25, -0.2) is 4.98 Å². The van der Waals surface area contributed by atoms with Crippen LogP contribution in [0.4, 0.5) is 0 Å². The fourth-order valence-corrected chi connectivity index (χ4v) is 9.82. The van der Waals surface area contributed by atoms with Gasteiger partial charge >= 0.3 is 0 Å². The highest BCUT2D eigenvalue weighted by atomic mass is 16.4. The number of carboxylic acid groups (broad SMARTS) is 1. The van der Waals surface area contributed by atoms with Crippen molar-refractivity contribution in [1.82, 2.24) is 67.8 Å². The molecule has 0 unspecified atom stereocenters. The Balaban J connectivity index is 0.00000312. The smallest absolute Gasteiger partial charge is 0.300 e. The Morgan fingerprint density at radius 3 is 1.95 bits per heavy atom. The number of H-pyrrole nitrogens is 3. The molecule has 3 aromatic heterocycles. The van der Waals surface area contributed by atoms with Crippen molar-refractivity contribution in [3.8, 4) is 0 Å². The zero-order valence-corrected chi connectivity index (χ0v) is 48.9. The number of carbonyl (C=O) groups excluding carboxylic acids is 9. The third-order valence-corrected chi connectivity index (χ3v) is 14.0. The first-order chi connectivity index (χ1) is 39.8. The van der Waals surface area contributed by atoms with E-state index < -0.39 is 120 Å². The average Bonchev–Trinajstić information content (AvgIpc) is 3.90. The zero-order valence-electron chi connectivity index (χ0n) is 48.9. The number of fused-ring (bicyclic) bond motifs is 4. The number of para-hydroxylation sites is 2. The minimum Gasteiger partial charge on any atom is -0.481 e. The van der Waals surface area contributed by atoms with Gasteiger partial charge in [-0.3, -0.25) is 53.3 Å². The number of amides is 9. The van der Waals surface area contributed by atoms with E-state index >= 15 is 0 Å². The van der Waals surface area contributed by atoms with E-state index in [0.29, 0.717) is 37.1 Å². The maximum Gasteiger partial charge on any atom is 0.300 e. The van der Waals surface area contributed by atoms with E-state index in [2.05, 4.69) is 67.8 Å². The van der Waals surface area contributed by atoms with Crippen LogP contribution < -0.4 is 59.3 Å². The lowest BCUT2D eigenvalue weighted by Crippen LogP contribution is -2.60. The molecule has 0 saturated heterocycles. The molecule has 0 fully saturated rings. The minimum atomic E-state index is -1.32. The highest BCUT2D eigenvalue weighted by Gasteiger charge is 2.35. The second-order valence-corrected chi connectivity index (χ2v) is 22.4. The van der Waals surface area contributed by atoms with Crippen LogP contribution in [-0.4, -0.2) is 146 Å². The van der Waals surface area contributed by atoms with Crippen molar-refractivity contribution < 1.29 is 53.1 Å². The van der Waals surface area contributed by atoms with Gasteiger partial charge < -0.3 is 74.1 Å². The van der Waals surface area contributed by atoms with Crippen molar-refractivity contribution >= 4 is 80.9 Å². The summed E-state index contributed by atoms with van der Waals surface area (Å²) in [5.74, 6) is -6.92. The van der Waals surface area contributed by atoms with Crippen LogP contribution in [0.15, 0.2) is 67.3 Å². The molecule has 0 bridgehead atoms. The normalized spacial score (nSPS) is 15.4. The van der Waals surface area contributed by atoms with E-state index in [1.165, 1.54) is 19.4 Å². The number of nitrogens with one attached hydrogen (secondary N) is 12. The number of nitrogens with two attached hydrogens (primary N) is 2. The molecule has 17 N–H and O–H groups in total. The molecular weight excluding hydrogens is 1080 g/mol. The van der Waals surface area contributed by atoms with E-state index in [9.17, 15) is 43.2 Å². The molecule has 5 aromatic rings. The largest absolute Gasteiger partial charge is 0.481 e. The third kappa shape index (κ3) is 20.4. The minimum absolute atomic E-state index is 0.0313. The fraction of sp³-hybridized carbons (Fsp3) is 0.500. The van der Waals surface area contributed by atoms with E-state index in [4.69, 9.17) is 21.4 Å². The van der Waals surface area contributed by atoms with Crippen LogP contribution in [0, 0.1) is 17.8 Å². The number of imidazole rings is 1. The third-order valence-electron chi connectivity index (χ3n) is 14.0. The molecule has 9 amide bonds. The highest BCUT2D eigenvalue weighted by molar-refractivity contribution is 5.98. The Morgan fingerprint density at radius 1 is 0.690 bits per heavy atom. The summed E-state index contributed by atoms with van der Waals surface area (Å²) < 4.78 is 0. The molecule has 26 nitrogen and oxygen atoms in total. The van der Waals surface area contributed by atoms with Gasteiger partial charge in [-0.1, -0.05) is 77.9 Å². The van der Waals surface area contributed by atoms with Gasteiger partial charge in [-0.05, 0) is 73.6 Å². The maximum absolute atomic E-state index is 14.3. The summed E-state index contributed by atoms with van der Waals surface area (Å²) in [4.78, 5) is 144. The predicted molar refractivity (Wildman–Crippen MR) is 314 cm³/mol. The Labute approximate surface area is 487 Å². The van der Waals surface area contributed by atoms with Gasteiger partial charge in [0.1, 0.15) is 30.2 Å². The quantitative estimate of drug-likeness (QED) is 0.0297. The molecule has 1 aliphatic heterocycles. The van der Waals surface area contributed by atoms with E-state index in [1.54, 1.807) is 20.0 Å². The first kappa shape index (κ1) is 66.2. The molecule has 0 radical (unpaired) electrons. The number of aromatic nitrogens is 4. The lowest BCUT2D eigenvalue weighted by molar-refractivity contribution is -0.135. The molecule has 4 heterocycles. The average molecular weight is 1170 g/mol. The molecule has 26 heteroatoms. The number of benzene rings is 2. The number of rotatable bonds is 30. The molecule has 6 rings (SSSR count). The Hall–Kier alpha value is -8.65. The SMILES string of the molecule is CC(=O)O.CC(C)C[C@@H](CN[C@@H](CC(C)C)C(N)=O)NC(=O)[C@H](Cc1cnc[nH]1)NC(=O)CNC(=O)[C@@H](NC(=O)[C@H](C)NC(=O)[C@H](Cc1c[nH]c2ccccc12)NC(=O)[C@H](CCC(N)=O)NC(=O)[C@H]1Cc2c([nH]c3ccccc23)CN1)C(C)C. The van der Waals surface area contributed by atoms with E-state index in [-0.39, 0.29) is 44.1 Å². The summed E-state index contributed by atoms with van der Waals surface area (Å²) in [5.41, 5.74) is 16.0. The van der Waals surface area contributed by atoms with Gasteiger partial charge in [-0.15, -0.1) is 0 Å². The first-order valence-electron chi connectivity index (χ1n) is 28.2. The molecule has 456 valence electrons. The Kier molecular flexibility index (Phi) is 25.0. The first-order valence-corrected chi connectivity index (χ1v) is 28.2. The van der Waals surface area contributed by atoms with Crippen molar-refractivity contribution in [3.05, 3.63) is 89.8 Å². The number of carboxylic acids is 1. The molecule has 2 aromatic carbocycles. The summed E-state index contributed by atoms with van der Waals surface area (Å²) >= 11 is 0. The number of aromatic amines is 3. The number of hydrogen-bond donors (Lipinski definition) is 15. The molecule has 8 atom stereocenters. The standard InChI is InChI=1S/C56H79N15O9.C2H4O2/c1-29(2)18-35(25-61-42(50(58)74)19-30(3)4)66-55(79)45(21-34-24-59-28-64-34)68-48(73)27-63-56(80)49(31(5)6)71-51(75)32(7)65-54(78)44(20-33-23-60-39-14-10-8-12-36(33)39)70-52(76)41(16-17-47(57)72)69-53(77)43-22-38-37-13-9-11-15-40(37)67-46(38)26-62-43;1-2(3)4/h8-15,23-24,28-32,35,41-45,49,60-62,67H,16-22,25-27H2,1-7H3,(H2,57,72)(H2,58,74)(H,59,64)(H,63,80)(H,65,78)(H,66,79)(H,68,73)(H,69,77)(H,70,76)(H,71,75);1H3,(H,3,4)/t32-,35-,41-,42-,43+,44-,45-,49-;/m0./s1. The molecule has 0 aliphatic carbocycles. The summed E-state index contributed by atoms with van der Waals surface area (Å²) in [5, 5.41) is 34.7. The monoisotopic (exact) mass is 1170 g/mol. The Bertz CT molecular complexity index is 3080. The fourth-order valence-electron chi connectivity index (χ4n) is 9.82. The van der Waals surface area contributed by atoms with E-state index in [1.807, 2.05) is 76.2 Å². The predicted octanol–water partition coefficient (Wildman–Crippen LogP) is 0.465. The lowest BCUT2D eigenvalue weighted by Gasteiger charge is -2.28. The van der Waals surface area contributed by atoms with Crippen LogP contribution in [0.1, 0.15) is 104 Å². The lowest BCUT2D eigenvalue weighted by atomic mass is 9.97. The van der Waals surface area contributed by atoms with Gasteiger partial charge in [0, 0.05) is 90.9 Å². The molecule has 84 heavy (non-hydrogen) atoms. The number of carbonyl (C=O) groups is 10. The van der Waals surface area contributed by atoms with Crippen LogP contribution in [-0.2, 0) is 73.8 Å². The van der Waals surface area contributed by atoms with Gasteiger partial charge in [0.05, 0.1) is 25.0 Å². The second kappa shape index (κ2) is 31.7. The summed E-state index contributed by atoms with van der Waals surface area (Å²) in [6.45, 7) is 13.8. The van der Waals surface area contributed by atoms with Crippen LogP contribution in [0.2, 0.25) is 0 Å². The van der Waals surface area contributed by atoms with Crippen molar-refractivity contribution in [2.24, 2.45) is 29.2 Å². The maximum atomic E-state index is 14.3. The van der Waals surface area contributed by atoms with Crippen LogP contribution in [0.25, 0.3) is 21.8 Å². The van der Waals surface area contributed by atoms with Crippen molar-refractivity contribution in [3.63, 3.8) is 0 Å². The van der Waals surface area contributed by atoms with Gasteiger partial charge in [0.2, 0.25) is 53.2 Å². The molecule has 1 aliphatic rings. The van der Waals surface area contributed by atoms with Gasteiger partial charge in [0.15, 0.2) is 0 Å². The molecule has 0 saturated carbocycles. The number of hydrogen-bond acceptors (Lipinski definition) is 13. The van der Waals surface area contributed by atoms with Crippen molar-refractivity contribution in [2.45, 2.75) is 155 Å². The number of primary amides is 2. The van der Waals surface area contributed by atoms with Crippen LogP contribution >= 0.6 is 0 Å². The molecule has 0 spiro atoms. The zero-order chi connectivity index (χ0) is 61.8. The number of nitrogens with zero attached hydrogens (tertiary/aromatic N) is 1. The summed E-state index contributed by atoms with van der Waals surface area (Å²) in [6.07, 6.45) is 5.59.